The minimum atomic E-state index is -0.0765. The number of nitrogens with zero attached hydrogens (tertiary/aromatic N) is 1. The molecule has 0 spiro atoms. The van der Waals surface area contributed by atoms with Gasteiger partial charge in [-0.05, 0) is 37.1 Å². The van der Waals surface area contributed by atoms with Gasteiger partial charge in [-0.1, -0.05) is 6.07 Å². The largest absolute Gasteiger partial charge is 0.493 e. The number of rotatable bonds is 4. The zero-order valence-electron chi connectivity index (χ0n) is 13.5. The molecule has 3 rings (SSSR count). The Morgan fingerprint density at radius 2 is 1.91 bits per heavy atom. The first kappa shape index (κ1) is 15.6. The molecule has 120 valence electrons. The fraction of sp³-hybridized carbons (Fsp3) is 0.294. The Morgan fingerprint density at radius 1 is 1.17 bits per heavy atom. The quantitative estimate of drug-likeness (QED) is 0.798. The van der Waals surface area contributed by atoms with Crippen molar-refractivity contribution in [2.75, 3.05) is 14.2 Å². The molecule has 0 aliphatic carbocycles. The van der Waals surface area contributed by atoms with E-state index in [1.807, 2.05) is 32.0 Å². The van der Waals surface area contributed by atoms with Gasteiger partial charge in [-0.3, -0.25) is 4.79 Å². The van der Waals surface area contributed by atoms with Crippen LogP contribution < -0.4 is 15.0 Å². The van der Waals surface area contributed by atoms with E-state index in [-0.39, 0.29) is 5.56 Å². The molecule has 1 aromatic carbocycles. The fourth-order valence-electron chi connectivity index (χ4n) is 2.57. The van der Waals surface area contributed by atoms with E-state index in [1.165, 1.54) is 0 Å². The lowest BCUT2D eigenvalue weighted by molar-refractivity contribution is 0.354. The van der Waals surface area contributed by atoms with E-state index in [0.29, 0.717) is 29.1 Å². The number of methoxy groups -OCH3 is 2. The van der Waals surface area contributed by atoms with Crippen LogP contribution in [0.15, 0.2) is 23.0 Å². The molecule has 0 amide bonds. The predicted octanol–water partition coefficient (Wildman–Crippen LogP) is 3.21. The maximum Gasteiger partial charge on any atom is 0.259 e. The zero-order chi connectivity index (χ0) is 16.6. The SMILES string of the molecule is COc1ccc(Cc2nc3sc(C)c(C)c3c(=O)[nH]2)cc1OC. The van der Waals surface area contributed by atoms with Gasteiger partial charge in [-0.2, -0.15) is 0 Å². The lowest BCUT2D eigenvalue weighted by atomic mass is 10.1. The molecule has 6 heteroatoms. The Kier molecular flexibility index (Phi) is 4.09. The highest BCUT2D eigenvalue weighted by Crippen LogP contribution is 2.29. The lowest BCUT2D eigenvalue weighted by Crippen LogP contribution is -2.11. The number of benzene rings is 1. The summed E-state index contributed by atoms with van der Waals surface area (Å²) in [4.78, 5) is 21.7. The van der Waals surface area contributed by atoms with Crippen molar-refractivity contribution >= 4 is 21.6 Å². The predicted molar refractivity (Wildman–Crippen MR) is 92.1 cm³/mol. The van der Waals surface area contributed by atoms with Crippen molar-refractivity contribution in [3.8, 4) is 11.5 Å². The third-order valence-corrected chi connectivity index (χ3v) is 5.01. The third-order valence-electron chi connectivity index (χ3n) is 3.91. The minimum absolute atomic E-state index is 0.0765. The summed E-state index contributed by atoms with van der Waals surface area (Å²) in [6, 6.07) is 5.69. The van der Waals surface area contributed by atoms with Gasteiger partial charge >= 0.3 is 0 Å². The number of aromatic nitrogens is 2. The van der Waals surface area contributed by atoms with Crippen LogP contribution in [0.25, 0.3) is 10.2 Å². The molecule has 0 saturated heterocycles. The summed E-state index contributed by atoms with van der Waals surface area (Å²) in [6.07, 6.45) is 0.529. The first-order chi connectivity index (χ1) is 11.0. The van der Waals surface area contributed by atoms with Gasteiger partial charge in [0.2, 0.25) is 0 Å². The van der Waals surface area contributed by atoms with Crippen molar-refractivity contribution in [2.45, 2.75) is 20.3 Å². The Bertz CT molecular complexity index is 927. The summed E-state index contributed by atoms with van der Waals surface area (Å²) >= 11 is 1.56. The molecular weight excluding hydrogens is 312 g/mol. The minimum Gasteiger partial charge on any atom is -0.493 e. The number of nitrogens with one attached hydrogen (secondary N) is 1. The van der Waals surface area contributed by atoms with E-state index in [9.17, 15) is 4.79 Å². The van der Waals surface area contributed by atoms with Crippen LogP contribution in [0.1, 0.15) is 21.8 Å². The number of H-pyrrole nitrogens is 1. The van der Waals surface area contributed by atoms with Crippen molar-refractivity contribution < 1.29 is 9.47 Å². The molecule has 0 saturated carbocycles. The topological polar surface area (TPSA) is 64.2 Å². The van der Waals surface area contributed by atoms with Crippen molar-refractivity contribution in [3.05, 3.63) is 50.4 Å². The molecule has 0 atom stereocenters. The third kappa shape index (κ3) is 2.82. The van der Waals surface area contributed by atoms with Crippen molar-refractivity contribution in [3.63, 3.8) is 0 Å². The Balaban J connectivity index is 2.00. The van der Waals surface area contributed by atoms with Gasteiger partial charge in [0, 0.05) is 11.3 Å². The van der Waals surface area contributed by atoms with Gasteiger partial charge in [0.05, 0.1) is 19.6 Å². The average Bonchev–Trinajstić information content (AvgIpc) is 2.82. The van der Waals surface area contributed by atoms with Crippen LogP contribution in [-0.4, -0.2) is 24.2 Å². The summed E-state index contributed by atoms with van der Waals surface area (Å²) in [5.41, 5.74) is 1.93. The molecule has 1 N–H and O–H groups in total. The lowest BCUT2D eigenvalue weighted by Gasteiger charge is -2.09. The summed E-state index contributed by atoms with van der Waals surface area (Å²) < 4.78 is 10.5. The molecule has 2 aromatic heterocycles. The average molecular weight is 330 g/mol. The van der Waals surface area contributed by atoms with Crippen LogP contribution in [0.4, 0.5) is 0 Å². The number of hydrogen-bond acceptors (Lipinski definition) is 5. The highest BCUT2D eigenvalue weighted by Gasteiger charge is 2.12. The van der Waals surface area contributed by atoms with E-state index in [0.717, 1.165) is 20.8 Å². The van der Waals surface area contributed by atoms with Crippen molar-refractivity contribution in [1.82, 2.24) is 9.97 Å². The number of thiophene rings is 1. The maximum atomic E-state index is 12.3. The fourth-order valence-corrected chi connectivity index (χ4v) is 3.62. The van der Waals surface area contributed by atoms with Crippen LogP contribution in [-0.2, 0) is 6.42 Å². The van der Waals surface area contributed by atoms with Crippen LogP contribution in [0.3, 0.4) is 0 Å². The summed E-state index contributed by atoms with van der Waals surface area (Å²) in [5, 5.41) is 0.698. The van der Waals surface area contributed by atoms with E-state index in [4.69, 9.17) is 9.47 Å². The molecule has 0 fully saturated rings. The maximum absolute atomic E-state index is 12.3. The van der Waals surface area contributed by atoms with E-state index < -0.39 is 0 Å². The smallest absolute Gasteiger partial charge is 0.259 e. The van der Waals surface area contributed by atoms with Gasteiger partial charge in [0.1, 0.15) is 10.7 Å². The second kappa shape index (κ2) is 6.04. The molecule has 0 radical (unpaired) electrons. The van der Waals surface area contributed by atoms with Crippen LogP contribution in [0.5, 0.6) is 11.5 Å². The Labute approximate surface area is 137 Å². The second-order valence-electron chi connectivity index (χ2n) is 5.34. The Morgan fingerprint density at radius 3 is 2.61 bits per heavy atom. The molecule has 3 aromatic rings. The zero-order valence-corrected chi connectivity index (χ0v) is 14.3. The molecular formula is C17H18N2O3S. The van der Waals surface area contributed by atoms with Gasteiger partial charge < -0.3 is 14.5 Å². The van der Waals surface area contributed by atoms with E-state index >= 15 is 0 Å². The molecule has 0 unspecified atom stereocenters. The van der Waals surface area contributed by atoms with Crippen LogP contribution >= 0.6 is 11.3 Å². The number of hydrogen-bond donors (Lipinski definition) is 1. The monoisotopic (exact) mass is 330 g/mol. The van der Waals surface area contributed by atoms with Gasteiger partial charge in [-0.15, -0.1) is 11.3 Å². The number of aryl methyl sites for hydroxylation is 2. The van der Waals surface area contributed by atoms with Gasteiger partial charge in [0.15, 0.2) is 11.5 Å². The molecule has 23 heavy (non-hydrogen) atoms. The van der Waals surface area contributed by atoms with Crippen molar-refractivity contribution in [2.24, 2.45) is 0 Å². The van der Waals surface area contributed by atoms with E-state index in [2.05, 4.69) is 9.97 Å². The standard InChI is InChI=1S/C17H18N2O3S/c1-9-10(2)23-17-15(9)16(20)18-14(19-17)8-11-5-6-12(21-3)13(7-11)22-4/h5-7H,8H2,1-4H3,(H,18,19,20). The Hall–Kier alpha value is -2.34. The number of fused-ring (bicyclic) bond motifs is 1. The number of ether oxygens (including phenoxy) is 2. The van der Waals surface area contributed by atoms with Crippen LogP contribution in [0.2, 0.25) is 0 Å². The molecule has 2 heterocycles. The molecule has 0 bridgehead atoms. The summed E-state index contributed by atoms with van der Waals surface area (Å²) in [6.45, 7) is 3.97. The normalized spacial score (nSPS) is 11.0. The molecule has 0 aliphatic heterocycles. The summed E-state index contributed by atoms with van der Waals surface area (Å²) in [7, 11) is 3.21. The molecule has 5 nitrogen and oxygen atoms in total. The number of aromatic amines is 1. The highest BCUT2D eigenvalue weighted by atomic mass is 32.1. The first-order valence-corrected chi connectivity index (χ1v) is 8.05. The molecule has 0 aliphatic rings. The highest BCUT2D eigenvalue weighted by molar-refractivity contribution is 7.18. The second-order valence-corrected chi connectivity index (χ2v) is 6.55. The van der Waals surface area contributed by atoms with E-state index in [1.54, 1.807) is 25.6 Å². The van der Waals surface area contributed by atoms with Crippen molar-refractivity contribution in [1.29, 1.82) is 0 Å². The van der Waals surface area contributed by atoms with Crippen LogP contribution in [0, 0.1) is 13.8 Å². The summed E-state index contributed by atoms with van der Waals surface area (Å²) in [5.74, 6) is 1.99. The van der Waals surface area contributed by atoms with Gasteiger partial charge in [0.25, 0.3) is 5.56 Å². The van der Waals surface area contributed by atoms with Gasteiger partial charge in [-0.25, -0.2) is 4.98 Å². The first-order valence-electron chi connectivity index (χ1n) is 7.23.